The topological polar surface area (TPSA) is 77.5 Å². The van der Waals surface area contributed by atoms with E-state index in [4.69, 9.17) is 9.97 Å². The Morgan fingerprint density at radius 2 is 2.14 bits per heavy atom. The molecule has 1 saturated carbocycles. The van der Waals surface area contributed by atoms with Crippen LogP contribution in [0.25, 0.3) is 0 Å². The molecule has 188 valence electrons. The summed E-state index contributed by atoms with van der Waals surface area (Å²) < 4.78 is 0. The molecule has 0 bridgehead atoms. The van der Waals surface area contributed by atoms with E-state index < -0.39 is 0 Å². The van der Waals surface area contributed by atoms with Gasteiger partial charge in [0, 0.05) is 48.9 Å². The molecule has 0 radical (unpaired) electrons. The summed E-state index contributed by atoms with van der Waals surface area (Å²) in [4.78, 5) is 17.7. The number of hydrogen-bond donors (Lipinski definition) is 3. The summed E-state index contributed by atoms with van der Waals surface area (Å²) in [5.41, 5.74) is 4.82. The molecular weight excluding hydrogens is 466 g/mol. The van der Waals surface area contributed by atoms with Crippen molar-refractivity contribution in [2.45, 2.75) is 62.2 Å². The summed E-state index contributed by atoms with van der Waals surface area (Å²) in [5, 5.41) is 11.4. The first-order chi connectivity index (χ1) is 17.5. The number of aliphatic imine (C=N–C) groups is 1. The highest BCUT2D eigenvalue weighted by molar-refractivity contribution is 7.99. The monoisotopic (exact) mass is 501 g/mol. The number of piperazine rings is 1. The zero-order chi connectivity index (χ0) is 25.1. The van der Waals surface area contributed by atoms with E-state index in [0.29, 0.717) is 12.1 Å². The van der Waals surface area contributed by atoms with Gasteiger partial charge in [-0.1, -0.05) is 13.5 Å². The second kappa shape index (κ2) is 10.9. The Hall–Kier alpha value is -3.10. The van der Waals surface area contributed by atoms with Crippen LogP contribution in [0, 0.1) is 0 Å². The van der Waals surface area contributed by atoms with Crippen molar-refractivity contribution < 1.29 is 0 Å². The Morgan fingerprint density at radius 1 is 1.31 bits per heavy atom. The van der Waals surface area contributed by atoms with Gasteiger partial charge in [-0.2, -0.15) is 0 Å². The van der Waals surface area contributed by atoms with Crippen LogP contribution in [0.5, 0.6) is 0 Å². The summed E-state index contributed by atoms with van der Waals surface area (Å²) >= 11 is 1.57. The summed E-state index contributed by atoms with van der Waals surface area (Å²) in [5.74, 6) is 2.77. The van der Waals surface area contributed by atoms with Crippen LogP contribution in [-0.2, 0) is 0 Å². The Labute approximate surface area is 218 Å². The maximum absolute atomic E-state index is 4.95. The van der Waals surface area contributed by atoms with Crippen LogP contribution in [0.1, 0.15) is 40.0 Å². The lowest BCUT2D eigenvalue weighted by atomic mass is 9.81. The van der Waals surface area contributed by atoms with Crippen LogP contribution in [0.15, 0.2) is 80.6 Å². The number of nitrogens with zero attached hydrogens (tertiary/aromatic N) is 4. The minimum Gasteiger partial charge on any atom is -0.365 e. The molecular formula is C28H35N7S. The first-order valence-corrected chi connectivity index (χ1v) is 13.6. The second-order valence-corrected chi connectivity index (χ2v) is 10.7. The number of dihydropyridines is 1. The number of fused-ring (bicyclic) bond motifs is 1. The summed E-state index contributed by atoms with van der Waals surface area (Å²) in [7, 11) is 0. The molecule has 2 aromatic rings. The lowest BCUT2D eigenvalue weighted by molar-refractivity contribution is 0.471. The van der Waals surface area contributed by atoms with Crippen LogP contribution < -0.4 is 20.9 Å². The average molecular weight is 502 g/mol. The Bertz CT molecular complexity index is 1210. The van der Waals surface area contributed by atoms with Crippen molar-refractivity contribution in [2.75, 3.05) is 29.9 Å². The van der Waals surface area contributed by atoms with Gasteiger partial charge < -0.3 is 20.9 Å². The van der Waals surface area contributed by atoms with Gasteiger partial charge in [0.05, 0.1) is 5.69 Å². The minimum absolute atomic E-state index is 0.422. The van der Waals surface area contributed by atoms with Gasteiger partial charge in [0.25, 0.3) is 0 Å². The van der Waals surface area contributed by atoms with Crippen LogP contribution in [0.4, 0.5) is 17.3 Å². The van der Waals surface area contributed by atoms with Crippen LogP contribution in [-0.4, -0.2) is 47.9 Å². The van der Waals surface area contributed by atoms with E-state index in [2.05, 4.69) is 77.5 Å². The highest BCUT2D eigenvalue weighted by atomic mass is 32.2. The molecule has 2 unspecified atom stereocenters. The van der Waals surface area contributed by atoms with E-state index in [1.165, 1.54) is 24.0 Å². The van der Waals surface area contributed by atoms with Gasteiger partial charge in [0.15, 0.2) is 5.16 Å². The predicted molar refractivity (Wildman–Crippen MR) is 150 cm³/mol. The number of anilines is 2. The van der Waals surface area contributed by atoms with Gasteiger partial charge in [-0.3, -0.25) is 4.99 Å². The third-order valence-corrected chi connectivity index (χ3v) is 7.74. The molecule has 0 amide bonds. The van der Waals surface area contributed by atoms with Gasteiger partial charge in [-0.25, -0.2) is 9.97 Å². The molecule has 2 atom stereocenters. The van der Waals surface area contributed by atoms with Gasteiger partial charge >= 0.3 is 0 Å². The highest BCUT2D eigenvalue weighted by Crippen LogP contribution is 2.35. The third-order valence-electron chi connectivity index (χ3n) is 6.86. The first-order valence-electron chi connectivity index (χ1n) is 12.8. The zero-order valence-corrected chi connectivity index (χ0v) is 22.2. The molecule has 1 aliphatic carbocycles. The van der Waals surface area contributed by atoms with Gasteiger partial charge in [0.2, 0.25) is 0 Å². The van der Waals surface area contributed by atoms with E-state index in [-0.39, 0.29) is 0 Å². The van der Waals surface area contributed by atoms with Crippen LogP contribution in [0.3, 0.4) is 0 Å². The van der Waals surface area contributed by atoms with Gasteiger partial charge in [-0.05, 0) is 91.9 Å². The SMILES string of the molecule is C=C(C=Nc1ccc(Sc2nc(NC3=CC(C)=C4CCC4N3)cc(N3CCNC(C)C3)n2)cc1)CC. The fraction of sp³-hybridized carbons (Fsp3) is 0.393. The molecule has 2 aliphatic heterocycles. The fourth-order valence-electron chi connectivity index (χ4n) is 4.60. The Kier molecular flexibility index (Phi) is 7.43. The molecule has 1 aromatic heterocycles. The molecule has 1 saturated heterocycles. The largest absolute Gasteiger partial charge is 0.365 e. The summed E-state index contributed by atoms with van der Waals surface area (Å²) in [6.07, 6.45) is 7.31. The van der Waals surface area contributed by atoms with Crippen LogP contribution in [0.2, 0.25) is 0 Å². The molecule has 8 heteroatoms. The number of aromatic nitrogens is 2. The average Bonchev–Trinajstić information content (AvgIpc) is 2.85. The van der Waals surface area contributed by atoms with E-state index in [0.717, 1.165) is 64.8 Å². The Balaban J connectivity index is 1.38. The van der Waals surface area contributed by atoms with Gasteiger partial charge in [0.1, 0.15) is 17.5 Å². The number of rotatable bonds is 8. The van der Waals surface area contributed by atoms with Crippen molar-refractivity contribution in [3.05, 3.63) is 65.5 Å². The first kappa shape index (κ1) is 24.6. The molecule has 3 heterocycles. The molecule has 36 heavy (non-hydrogen) atoms. The molecule has 2 fully saturated rings. The Morgan fingerprint density at radius 3 is 2.83 bits per heavy atom. The highest BCUT2D eigenvalue weighted by Gasteiger charge is 2.29. The van der Waals surface area contributed by atoms with E-state index in [1.54, 1.807) is 11.8 Å². The van der Waals surface area contributed by atoms with Crippen molar-refractivity contribution in [3.8, 4) is 0 Å². The third kappa shape index (κ3) is 5.82. The van der Waals surface area contributed by atoms with E-state index in [9.17, 15) is 0 Å². The van der Waals surface area contributed by atoms with Crippen molar-refractivity contribution in [3.63, 3.8) is 0 Å². The van der Waals surface area contributed by atoms with E-state index >= 15 is 0 Å². The quantitative estimate of drug-likeness (QED) is 0.329. The van der Waals surface area contributed by atoms with Gasteiger partial charge in [-0.15, -0.1) is 0 Å². The summed E-state index contributed by atoms with van der Waals surface area (Å²) in [6, 6.07) is 11.1. The van der Waals surface area contributed by atoms with Crippen molar-refractivity contribution >= 4 is 35.3 Å². The number of benzene rings is 1. The normalized spacial score (nSPS) is 21.5. The van der Waals surface area contributed by atoms with Crippen molar-refractivity contribution in [1.82, 2.24) is 20.6 Å². The lowest BCUT2D eigenvalue weighted by Crippen LogP contribution is -2.49. The minimum atomic E-state index is 0.422. The van der Waals surface area contributed by atoms with E-state index in [1.807, 2.05) is 18.3 Å². The smallest absolute Gasteiger partial charge is 0.196 e. The second-order valence-electron chi connectivity index (χ2n) is 9.69. The van der Waals surface area contributed by atoms with Crippen molar-refractivity contribution in [2.24, 2.45) is 4.99 Å². The molecule has 0 spiro atoms. The number of hydrogen-bond acceptors (Lipinski definition) is 8. The zero-order valence-electron chi connectivity index (χ0n) is 21.3. The maximum Gasteiger partial charge on any atom is 0.196 e. The fourth-order valence-corrected chi connectivity index (χ4v) is 5.37. The standard InChI is InChI=1S/C28H35N7S/c1-5-18(2)16-30-21-6-8-22(9-7-21)36-28-33-26(15-27(34-28)35-13-12-29-20(4)17-35)32-25-14-19(3)23-10-11-24(23)31-25/h6-9,14-16,20,24,29,31H,2,5,10-13,17H2,1,3-4H3,(H,32,33,34). The predicted octanol–water partition coefficient (Wildman–Crippen LogP) is 5.43. The molecule has 5 rings (SSSR count). The molecule has 3 aliphatic rings. The molecule has 7 nitrogen and oxygen atoms in total. The molecule has 1 aromatic carbocycles. The van der Waals surface area contributed by atoms with Crippen LogP contribution >= 0.6 is 11.8 Å². The molecule has 3 N–H and O–H groups in total. The lowest BCUT2D eigenvalue weighted by Gasteiger charge is -2.37. The van der Waals surface area contributed by atoms with Crippen molar-refractivity contribution in [1.29, 1.82) is 0 Å². The maximum atomic E-state index is 4.95. The number of nitrogens with one attached hydrogen (secondary N) is 3. The summed E-state index contributed by atoms with van der Waals surface area (Å²) in [6.45, 7) is 13.3. The number of allylic oxidation sites excluding steroid dienone is 3.